The number of ether oxygens (including phenoxy) is 2. The van der Waals surface area contributed by atoms with Crippen LogP contribution in [0.4, 0.5) is 5.69 Å². The Morgan fingerprint density at radius 3 is 2.80 bits per heavy atom. The summed E-state index contributed by atoms with van der Waals surface area (Å²) in [5, 5.41) is 6.11. The van der Waals surface area contributed by atoms with Crippen LogP contribution in [0.2, 0.25) is 0 Å². The second kappa shape index (κ2) is 7.26. The number of rotatable bonds is 5. The molecule has 2 rings (SSSR count). The zero-order valence-corrected chi connectivity index (χ0v) is 12.1. The maximum atomic E-state index is 11.8. The second-order valence-corrected chi connectivity index (χ2v) is 4.99. The van der Waals surface area contributed by atoms with Crippen molar-refractivity contribution in [3.8, 4) is 5.75 Å². The Bertz CT molecular complexity index is 456. The lowest BCUT2D eigenvalue weighted by atomic mass is 10.1. The number of hydrogen-bond acceptors (Lipinski definition) is 4. The lowest BCUT2D eigenvalue weighted by molar-refractivity contribution is -0.123. The van der Waals surface area contributed by atoms with Crippen molar-refractivity contribution in [3.63, 3.8) is 0 Å². The number of amides is 1. The molecule has 1 aliphatic rings. The SMILES string of the molecule is COc1ccc(NC(=O)COC2CCNCC2)cc1C. The van der Waals surface area contributed by atoms with Gasteiger partial charge in [-0.25, -0.2) is 0 Å². The molecule has 0 saturated carbocycles. The summed E-state index contributed by atoms with van der Waals surface area (Å²) in [6, 6.07) is 5.56. The Hall–Kier alpha value is -1.59. The van der Waals surface area contributed by atoms with Crippen molar-refractivity contribution in [2.24, 2.45) is 0 Å². The Morgan fingerprint density at radius 1 is 1.40 bits per heavy atom. The number of anilines is 1. The molecule has 2 N–H and O–H groups in total. The molecule has 1 saturated heterocycles. The molecule has 0 aromatic heterocycles. The van der Waals surface area contributed by atoms with E-state index in [9.17, 15) is 4.79 Å². The van der Waals surface area contributed by atoms with Crippen LogP contribution in [0, 0.1) is 6.92 Å². The molecule has 0 radical (unpaired) electrons. The second-order valence-electron chi connectivity index (χ2n) is 4.99. The molecule has 1 fully saturated rings. The fourth-order valence-corrected chi connectivity index (χ4v) is 2.31. The molecule has 1 heterocycles. The standard InChI is InChI=1S/C15H22N2O3/c1-11-9-12(3-4-14(11)19-2)17-15(18)10-20-13-5-7-16-8-6-13/h3-4,9,13,16H,5-8,10H2,1-2H3,(H,17,18). The highest BCUT2D eigenvalue weighted by molar-refractivity contribution is 5.91. The molecule has 0 atom stereocenters. The summed E-state index contributed by atoms with van der Waals surface area (Å²) < 4.78 is 10.8. The lowest BCUT2D eigenvalue weighted by Gasteiger charge is -2.22. The Kier molecular flexibility index (Phi) is 5.38. The number of piperidine rings is 1. The molecule has 1 amide bonds. The molecule has 1 aromatic rings. The van der Waals surface area contributed by atoms with E-state index >= 15 is 0 Å². The van der Waals surface area contributed by atoms with Gasteiger partial charge < -0.3 is 20.1 Å². The minimum Gasteiger partial charge on any atom is -0.496 e. The van der Waals surface area contributed by atoms with Gasteiger partial charge in [-0.2, -0.15) is 0 Å². The van der Waals surface area contributed by atoms with E-state index in [1.807, 2.05) is 25.1 Å². The van der Waals surface area contributed by atoms with Crippen molar-refractivity contribution in [1.82, 2.24) is 5.32 Å². The molecule has 0 unspecified atom stereocenters. The number of nitrogens with one attached hydrogen (secondary N) is 2. The average molecular weight is 278 g/mol. The Labute approximate surface area is 119 Å². The van der Waals surface area contributed by atoms with Crippen LogP contribution in [0.25, 0.3) is 0 Å². The minimum absolute atomic E-state index is 0.107. The summed E-state index contributed by atoms with van der Waals surface area (Å²) in [5.74, 6) is 0.696. The van der Waals surface area contributed by atoms with Crippen LogP contribution in [0.3, 0.4) is 0 Å². The van der Waals surface area contributed by atoms with Crippen LogP contribution in [0.15, 0.2) is 18.2 Å². The Balaban J connectivity index is 1.80. The van der Waals surface area contributed by atoms with Gasteiger partial charge in [0.1, 0.15) is 12.4 Å². The van der Waals surface area contributed by atoms with Crippen LogP contribution in [-0.4, -0.2) is 38.8 Å². The summed E-state index contributed by atoms with van der Waals surface area (Å²) >= 11 is 0. The van der Waals surface area contributed by atoms with Crippen molar-refractivity contribution in [3.05, 3.63) is 23.8 Å². The zero-order valence-electron chi connectivity index (χ0n) is 12.1. The van der Waals surface area contributed by atoms with E-state index in [4.69, 9.17) is 9.47 Å². The Morgan fingerprint density at radius 2 is 2.15 bits per heavy atom. The summed E-state index contributed by atoms with van der Waals surface area (Å²) in [6.45, 7) is 3.98. The van der Waals surface area contributed by atoms with Crippen LogP contribution in [0.1, 0.15) is 18.4 Å². The first-order chi connectivity index (χ1) is 9.69. The predicted octanol–water partition coefficient (Wildman–Crippen LogP) is 1.71. The van der Waals surface area contributed by atoms with E-state index in [1.54, 1.807) is 7.11 Å². The van der Waals surface area contributed by atoms with Crippen molar-refractivity contribution < 1.29 is 14.3 Å². The highest BCUT2D eigenvalue weighted by Crippen LogP contribution is 2.21. The van der Waals surface area contributed by atoms with E-state index in [0.717, 1.165) is 42.9 Å². The first-order valence-corrected chi connectivity index (χ1v) is 6.96. The summed E-state index contributed by atoms with van der Waals surface area (Å²) in [4.78, 5) is 11.8. The van der Waals surface area contributed by atoms with Gasteiger partial charge in [0.15, 0.2) is 0 Å². The highest BCUT2D eigenvalue weighted by Gasteiger charge is 2.14. The maximum absolute atomic E-state index is 11.8. The van der Waals surface area contributed by atoms with E-state index in [2.05, 4.69) is 10.6 Å². The molecular formula is C15H22N2O3. The van der Waals surface area contributed by atoms with Gasteiger partial charge in [0.25, 0.3) is 0 Å². The fourth-order valence-electron chi connectivity index (χ4n) is 2.31. The van der Waals surface area contributed by atoms with Crippen LogP contribution >= 0.6 is 0 Å². The molecule has 5 heteroatoms. The highest BCUT2D eigenvalue weighted by atomic mass is 16.5. The normalized spacial score (nSPS) is 15.9. The van der Waals surface area contributed by atoms with Crippen LogP contribution in [-0.2, 0) is 9.53 Å². The monoisotopic (exact) mass is 278 g/mol. The smallest absolute Gasteiger partial charge is 0.250 e. The number of hydrogen-bond donors (Lipinski definition) is 2. The third-order valence-corrected chi connectivity index (χ3v) is 3.41. The van der Waals surface area contributed by atoms with E-state index < -0.39 is 0 Å². The van der Waals surface area contributed by atoms with E-state index in [-0.39, 0.29) is 18.6 Å². The van der Waals surface area contributed by atoms with Crippen LogP contribution < -0.4 is 15.4 Å². The molecule has 1 aliphatic heterocycles. The molecule has 0 spiro atoms. The topological polar surface area (TPSA) is 59.6 Å². The summed E-state index contributed by atoms with van der Waals surface area (Å²) in [6.07, 6.45) is 2.13. The molecule has 20 heavy (non-hydrogen) atoms. The molecule has 5 nitrogen and oxygen atoms in total. The number of aryl methyl sites for hydroxylation is 1. The zero-order chi connectivity index (χ0) is 14.4. The number of carbonyl (C=O) groups is 1. The number of methoxy groups -OCH3 is 1. The van der Waals surface area contributed by atoms with E-state index in [1.165, 1.54) is 0 Å². The predicted molar refractivity (Wildman–Crippen MR) is 78.2 cm³/mol. The molecule has 0 aliphatic carbocycles. The molecule has 110 valence electrons. The van der Waals surface area contributed by atoms with Crippen LogP contribution in [0.5, 0.6) is 5.75 Å². The minimum atomic E-state index is -0.118. The van der Waals surface area contributed by atoms with E-state index in [0.29, 0.717) is 0 Å². The molecule has 1 aromatic carbocycles. The first kappa shape index (κ1) is 14.8. The first-order valence-electron chi connectivity index (χ1n) is 6.96. The van der Waals surface area contributed by atoms with Crippen molar-refractivity contribution >= 4 is 11.6 Å². The summed E-state index contributed by atoms with van der Waals surface area (Å²) in [7, 11) is 1.63. The van der Waals surface area contributed by atoms with Gasteiger partial charge in [-0.1, -0.05) is 0 Å². The molecule has 0 bridgehead atoms. The van der Waals surface area contributed by atoms with Crippen molar-refractivity contribution in [2.45, 2.75) is 25.9 Å². The lowest BCUT2D eigenvalue weighted by Crippen LogP contribution is -2.34. The van der Waals surface area contributed by atoms with Gasteiger partial charge in [0.05, 0.1) is 13.2 Å². The summed E-state index contributed by atoms with van der Waals surface area (Å²) in [5.41, 5.74) is 1.76. The third-order valence-electron chi connectivity index (χ3n) is 3.41. The van der Waals surface area contributed by atoms with Gasteiger partial charge >= 0.3 is 0 Å². The number of benzene rings is 1. The van der Waals surface area contributed by atoms with Gasteiger partial charge in [-0.15, -0.1) is 0 Å². The van der Waals surface area contributed by atoms with Gasteiger partial charge in [-0.3, -0.25) is 4.79 Å². The van der Waals surface area contributed by atoms with Gasteiger partial charge in [-0.05, 0) is 56.6 Å². The largest absolute Gasteiger partial charge is 0.496 e. The van der Waals surface area contributed by atoms with Gasteiger partial charge in [0, 0.05) is 5.69 Å². The molecular weight excluding hydrogens is 256 g/mol. The van der Waals surface area contributed by atoms with Crippen molar-refractivity contribution in [2.75, 3.05) is 32.1 Å². The van der Waals surface area contributed by atoms with Gasteiger partial charge in [0.2, 0.25) is 5.91 Å². The fraction of sp³-hybridized carbons (Fsp3) is 0.533. The third kappa shape index (κ3) is 4.21. The maximum Gasteiger partial charge on any atom is 0.250 e. The number of carbonyl (C=O) groups excluding carboxylic acids is 1. The average Bonchev–Trinajstić information content (AvgIpc) is 2.46. The van der Waals surface area contributed by atoms with Crippen molar-refractivity contribution in [1.29, 1.82) is 0 Å². The quantitative estimate of drug-likeness (QED) is 0.861.